The summed E-state index contributed by atoms with van der Waals surface area (Å²) >= 11 is 6.44. The van der Waals surface area contributed by atoms with Crippen molar-refractivity contribution >= 4 is 17.4 Å². The van der Waals surface area contributed by atoms with Crippen molar-refractivity contribution in [2.24, 2.45) is 17.1 Å². The number of nitrogens with zero attached hydrogens (tertiary/aromatic N) is 2. The minimum Gasteiger partial charge on any atom is -0.355 e. The number of rotatable bonds is 2. The lowest BCUT2D eigenvalue weighted by atomic mass is 9.77. The van der Waals surface area contributed by atoms with Gasteiger partial charge in [0.25, 0.3) is 0 Å². The molecule has 4 heteroatoms. The third-order valence-electron chi connectivity index (χ3n) is 4.42. The zero-order chi connectivity index (χ0) is 14.8. The van der Waals surface area contributed by atoms with Crippen molar-refractivity contribution < 1.29 is 0 Å². The quantitative estimate of drug-likeness (QED) is 0.901. The Labute approximate surface area is 127 Å². The first-order valence-corrected chi connectivity index (χ1v) is 7.89. The van der Waals surface area contributed by atoms with E-state index in [0.29, 0.717) is 12.0 Å². The summed E-state index contributed by atoms with van der Waals surface area (Å²) in [7, 11) is 0. The summed E-state index contributed by atoms with van der Waals surface area (Å²) in [6.07, 6.45) is 5.50. The van der Waals surface area contributed by atoms with E-state index in [2.05, 4.69) is 30.7 Å². The first-order valence-electron chi connectivity index (χ1n) is 7.52. The number of aromatic nitrogens is 1. The zero-order valence-electron chi connectivity index (χ0n) is 12.8. The van der Waals surface area contributed by atoms with E-state index in [4.69, 9.17) is 17.3 Å². The molecule has 1 saturated heterocycles. The van der Waals surface area contributed by atoms with E-state index in [1.807, 2.05) is 12.3 Å². The summed E-state index contributed by atoms with van der Waals surface area (Å²) in [5.41, 5.74) is 7.09. The van der Waals surface area contributed by atoms with Crippen molar-refractivity contribution in [2.75, 3.05) is 18.0 Å². The van der Waals surface area contributed by atoms with Crippen LogP contribution in [0.4, 0.5) is 5.82 Å². The lowest BCUT2D eigenvalue weighted by Gasteiger charge is -2.30. The van der Waals surface area contributed by atoms with Crippen LogP contribution in [0.2, 0.25) is 5.02 Å². The van der Waals surface area contributed by atoms with Crippen LogP contribution in [0.5, 0.6) is 0 Å². The molecular weight excluding hydrogens is 270 g/mol. The number of hydrogen-bond donors (Lipinski definition) is 1. The Morgan fingerprint density at radius 3 is 2.75 bits per heavy atom. The number of pyridine rings is 1. The maximum Gasteiger partial charge on any atom is 0.147 e. The van der Waals surface area contributed by atoms with Crippen molar-refractivity contribution in [2.45, 2.75) is 46.6 Å². The van der Waals surface area contributed by atoms with Gasteiger partial charge in [0.2, 0.25) is 0 Å². The van der Waals surface area contributed by atoms with E-state index in [9.17, 15) is 0 Å². The zero-order valence-corrected chi connectivity index (χ0v) is 13.6. The van der Waals surface area contributed by atoms with Crippen molar-refractivity contribution in [1.29, 1.82) is 0 Å². The largest absolute Gasteiger partial charge is 0.355 e. The van der Waals surface area contributed by atoms with Crippen molar-refractivity contribution in [3.63, 3.8) is 0 Å². The highest BCUT2D eigenvalue weighted by Crippen LogP contribution is 2.36. The highest BCUT2D eigenvalue weighted by atomic mass is 35.5. The molecule has 0 aromatic carbocycles. The molecule has 0 amide bonds. The van der Waals surface area contributed by atoms with Crippen LogP contribution < -0.4 is 10.6 Å². The number of nitrogens with two attached hydrogens (primary N) is 1. The third kappa shape index (κ3) is 3.44. The molecule has 0 aliphatic carbocycles. The van der Waals surface area contributed by atoms with Crippen molar-refractivity contribution in [3.8, 4) is 0 Å². The summed E-state index contributed by atoms with van der Waals surface area (Å²) in [5, 5.41) is 0.726. The minimum atomic E-state index is 0.381. The fourth-order valence-electron chi connectivity index (χ4n) is 3.02. The number of anilines is 1. The van der Waals surface area contributed by atoms with Gasteiger partial charge in [0, 0.05) is 25.8 Å². The van der Waals surface area contributed by atoms with Gasteiger partial charge in [-0.15, -0.1) is 0 Å². The van der Waals surface area contributed by atoms with Crippen molar-refractivity contribution in [1.82, 2.24) is 4.98 Å². The molecule has 0 radical (unpaired) electrons. The van der Waals surface area contributed by atoms with Crippen LogP contribution in [0, 0.1) is 11.3 Å². The van der Waals surface area contributed by atoms with Crippen molar-refractivity contribution in [3.05, 3.63) is 22.8 Å². The van der Waals surface area contributed by atoms with Crippen LogP contribution in [-0.4, -0.2) is 18.1 Å². The molecular formula is C16H26ClN3. The number of hydrogen-bond acceptors (Lipinski definition) is 3. The van der Waals surface area contributed by atoms with E-state index in [0.717, 1.165) is 35.4 Å². The Morgan fingerprint density at radius 1 is 1.35 bits per heavy atom. The Balaban J connectivity index is 2.15. The molecule has 0 spiro atoms. The predicted octanol–water partition coefficient (Wildman–Crippen LogP) is 3.85. The topological polar surface area (TPSA) is 42.2 Å². The van der Waals surface area contributed by atoms with E-state index >= 15 is 0 Å². The fraction of sp³-hybridized carbons (Fsp3) is 0.688. The lowest BCUT2D eigenvalue weighted by Crippen LogP contribution is -2.27. The Kier molecular flexibility index (Phi) is 4.92. The Bertz CT molecular complexity index is 454. The first kappa shape index (κ1) is 15.6. The van der Waals surface area contributed by atoms with E-state index in [1.54, 1.807) is 0 Å². The average Bonchev–Trinajstić information content (AvgIpc) is 2.64. The van der Waals surface area contributed by atoms with Gasteiger partial charge in [-0.25, -0.2) is 4.98 Å². The third-order valence-corrected chi connectivity index (χ3v) is 4.83. The van der Waals surface area contributed by atoms with Crippen LogP contribution in [0.1, 0.15) is 45.6 Å². The molecule has 1 fully saturated rings. The van der Waals surface area contributed by atoms with Crippen LogP contribution in [0.25, 0.3) is 0 Å². The Hall–Kier alpha value is -0.800. The highest BCUT2D eigenvalue weighted by Gasteiger charge is 2.28. The van der Waals surface area contributed by atoms with Crippen LogP contribution >= 0.6 is 11.6 Å². The molecule has 1 aromatic heterocycles. The molecule has 0 saturated carbocycles. The maximum absolute atomic E-state index is 6.44. The van der Waals surface area contributed by atoms with Gasteiger partial charge in [-0.05, 0) is 42.2 Å². The second-order valence-electron chi connectivity index (χ2n) is 6.79. The van der Waals surface area contributed by atoms with Gasteiger partial charge in [0.15, 0.2) is 0 Å². The molecule has 2 N–H and O–H groups in total. The van der Waals surface area contributed by atoms with Gasteiger partial charge >= 0.3 is 0 Å². The smallest absolute Gasteiger partial charge is 0.147 e. The molecule has 1 atom stereocenters. The average molecular weight is 296 g/mol. The molecule has 2 rings (SSSR count). The molecule has 1 unspecified atom stereocenters. The summed E-state index contributed by atoms with van der Waals surface area (Å²) < 4.78 is 0. The van der Waals surface area contributed by atoms with Crippen LogP contribution in [0.3, 0.4) is 0 Å². The molecule has 1 aliphatic heterocycles. The second-order valence-corrected chi connectivity index (χ2v) is 7.17. The molecule has 1 aliphatic rings. The molecule has 2 heterocycles. The summed E-state index contributed by atoms with van der Waals surface area (Å²) in [4.78, 5) is 6.80. The summed E-state index contributed by atoms with van der Waals surface area (Å²) in [6, 6.07) is 1.90. The maximum atomic E-state index is 6.44. The van der Waals surface area contributed by atoms with Gasteiger partial charge in [-0.3, -0.25) is 0 Å². The van der Waals surface area contributed by atoms with Gasteiger partial charge in [-0.1, -0.05) is 32.4 Å². The lowest BCUT2D eigenvalue weighted by molar-refractivity contribution is 0.220. The standard InChI is InChI=1S/C16H26ClN3/c1-16(2,3)13-5-4-9-20(10-7-13)15-14(17)12(11-18)6-8-19-15/h6,8,13H,4-5,7,9-11,18H2,1-3H3. The monoisotopic (exact) mass is 295 g/mol. The summed E-state index contributed by atoms with van der Waals surface area (Å²) in [6.45, 7) is 9.55. The van der Waals surface area contributed by atoms with E-state index in [-0.39, 0.29) is 0 Å². The highest BCUT2D eigenvalue weighted by molar-refractivity contribution is 6.33. The molecule has 1 aromatic rings. The normalized spacial score (nSPS) is 20.9. The SMILES string of the molecule is CC(C)(C)C1CCCN(c2nccc(CN)c2Cl)CC1. The van der Waals surface area contributed by atoms with Gasteiger partial charge < -0.3 is 10.6 Å². The Morgan fingerprint density at radius 2 is 2.10 bits per heavy atom. The molecule has 112 valence electrons. The fourth-order valence-corrected chi connectivity index (χ4v) is 3.33. The molecule has 0 bridgehead atoms. The van der Waals surface area contributed by atoms with Gasteiger partial charge in [-0.2, -0.15) is 0 Å². The molecule has 3 nitrogen and oxygen atoms in total. The molecule has 20 heavy (non-hydrogen) atoms. The summed E-state index contributed by atoms with van der Waals surface area (Å²) in [5.74, 6) is 1.67. The first-order chi connectivity index (χ1) is 9.43. The minimum absolute atomic E-state index is 0.381. The number of halogens is 1. The van der Waals surface area contributed by atoms with E-state index < -0.39 is 0 Å². The van der Waals surface area contributed by atoms with Gasteiger partial charge in [0.05, 0.1) is 5.02 Å². The van der Waals surface area contributed by atoms with Gasteiger partial charge in [0.1, 0.15) is 5.82 Å². The van der Waals surface area contributed by atoms with E-state index in [1.165, 1.54) is 19.3 Å². The van der Waals surface area contributed by atoms with Crippen LogP contribution in [-0.2, 0) is 6.54 Å². The van der Waals surface area contributed by atoms with Crippen LogP contribution in [0.15, 0.2) is 12.3 Å². The second kappa shape index (κ2) is 6.31. The predicted molar refractivity (Wildman–Crippen MR) is 86.1 cm³/mol.